The average Bonchev–Trinajstić information content (AvgIpc) is 3.51. The second-order valence-electron chi connectivity index (χ2n) is 9.10. The van der Waals surface area contributed by atoms with Crippen LogP contribution in [0, 0.1) is 0 Å². The first kappa shape index (κ1) is 22.9. The van der Waals surface area contributed by atoms with Gasteiger partial charge in [0.2, 0.25) is 10.0 Å². The molecule has 2 aliphatic rings. The molecule has 0 radical (unpaired) electrons. The number of nitrogens with zero attached hydrogens (tertiary/aromatic N) is 4. The van der Waals surface area contributed by atoms with Crippen molar-refractivity contribution in [2.24, 2.45) is 7.05 Å². The largest absolute Gasteiger partial charge is 0.371 e. The summed E-state index contributed by atoms with van der Waals surface area (Å²) in [5.74, 6) is 0.457. The van der Waals surface area contributed by atoms with Crippen molar-refractivity contribution in [3.63, 3.8) is 0 Å². The third-order valence-electron chi connectivity index (χ3n) is 6.90. The van der Waals surface area contributed by atoms with Gasteiger partial charge in [-0.25, -0.2) is 13.4 Å². The van der Waals surface area contributed by atoms with E-state index in [0.717, 1.165) is 67.7 Å². The molecule has 0 aliphatic carbocycles. The number of nitrogens with one attached hydrogen (secondary N) is 1. The van der Waals surface area contributed by atoms with Crippen LogP contribution in [-0.4, -0.2) is 54.4 Å². The number of anilines is 1. The van der Waals surface area contributed by atoms with Crippen molar-refractivity contribution in [3.8, 4) is 0 Å². The van der Waals surface area contributed by atoms with Crippen molar-refractivity contribution in [1.82, 2.24) is 19.2 Å². The first-order valence-electron chi connectivity index (χ1n) is 12.0. The van der Waals surface area contributed by atoms with Crippen LogP contribution < -0.4 is 10.2 Å². The Morgan fingerprint density at radius 3 is 2.41 bits per heavy atom. The Morgan fingerprint density at radius 2 is 1.68 bits per heavy atom. The van der Waals surface area contributed by atoms with E-state index in [-0.39, 0.29) is 17.3 Å². The predicted molar refractivity (Wildman–Crippen MR) is 132 cm³/mol. The lowest BCUT2D eigenvalue weighted by molar-refractivity contribution is 0.0950. The number of sulfonamides is 1. The van der Waals surface area contributed by atoms with Gasteiger partial charge in [-0.3, -0.25) is 4.79 Å². The molecule has 2 aliphatic heterocycles. The highest BCUT2D eigenvalue weighted by Crippen LogP contribution is 2.29. The lowest BCUT2D eigenvalue weighted by Gasteiger charge is -2.27. The quantitative estimate of drug-likeness (QED) is 0.584. The molecule has 3 aromatic rings. The van der Waals surface area contributed by atoms with Gasteiger partial charge in [-0.05, 0) is 56.0 Å². The summed E-state index contributed by atoms with van der Waals surface area (Å²) in [6, 6.07) is 12.8. The molecule has 2 saturated heterocycles. The number of rotatable bonds is 6. The Balaban J connectivity index is 1.44. The number of piperidine rings is 1. The molecule has 2 fully saturated rings. The summed E-state index contributed by atoms with van der Waals surface area (Å²) < 4.78 is 30.1. The topological polar surface area (TPSA) is 87.5 Å². The minimum atomic E-state index is -3.63. The number of aryl methyl sites for hydroxylation is 1. The average molecular weight is 482 g/mol. The number of amides is 1. The highest BCUT2D eigenvalue weighted by atomic mass is 32.2. The third kappa shape index (κ3) is 4.30. The molecule has 2 aromatic carbocycles. The number of hydrogen-bond acceptors (Lipinski definition) is 5. The van der Waals surface area contributed by atoms with Crippen molar-refractivity contribution < 1.29 is 13.2 Å². The van der Waals surface area contributed by atoms with Gasteiger partial charge in [0, 0.05) is 38.9 Å². The molecule has 0 atom stereocenters. The van der Waals surface area contributed by atoms with E-state index in [4.69, 9.17) is 0 Å². The molecule has 1 aromatic heterocycles. The zero-order valence-electron chi connectivity index (χ0n) is 19.5. The Hall–Kier alpha value is -2.91. The van der Waals surface area contributed by atoms with Crippen LogP contribution in [0.5, 0.6) is 0 Å². The smallest absolute Gasteiger partial charge is 0.253 e. The van der Waals surface area contributed by atoms with Crippen molar-refractivity contribution in [1.29, 1.82) is 0 Å². The number of carbonyl (C=O) groups is 1. The Morgan fingerprint density at radius 1 is 0.971 bits per heavy atom. The van der Waals surface area contributed by atoms with Crippen LogP contribution in [0.3, 0.4) is 0 Å². The first-order chi connectivity index (χ1) is 16.4. The number of para-hydroxylation sites is 2. The first-order valence-corrected chi connectivity index (χ1v) is 13.5. The Kier molecular flexibility index (Phi) is 6.31. The summed E-state index contributed by atoms with van der Waals surface area (Å²) in [7, 11) is -1.70. The van der Waals surface area contributed by atoms with E-state index >= 15 is 0 Å². The molecule has 0 bridgehead atoms. The van der Waals surface area contributed by atoms with Gasteiger partial charge in [0.05, 0.1) is 28.0 Å². The molecule has 3 heterocycles. The maximum absolute atomic E-state index is 13.4. The van der Waals surface area contributed by atoms with Crippen LogP contribution in [-0.2, 0) is 23.6 Å². The van der Waals surface area contributed by atoms with Crippen LogP contribution in [0.15, 0.2) is 47.4 Å². The fourth-order valence-electron chi connectivity index (χ4n) is 4.95. The molecule has 34 heavy (non-hydrogen) atoms. The number of carbonyl (C=O) groups excluding carboxylic acids is 1. The van der Waals surface area contributed by atoms with Gasteiger partial charge >= 0.3 is 0 Å². The normalized spacial score (nSPS) is 17.4. The fourth-order valence-corrected chi connectivity index (χ4v) is 6.50. The SMILES string of the molecule is Cn1c(CNC(=O)c2cc(S(=O)(=O)N3CCCCC3)ccc2N2CCCC2)nc2ccccc21. The van der Waals surface area contributed by atoms with E-state index in [9.17, 15) is 13.2 Å². The number of benzene rings is 2. The minimum absolute atomic E-state index is 0.185. The highest BCUT2D eigenvalue weighted by molar-refractivity contribution is 7.89. The van der Waals surface area contributed by atoms with Crippen molar-refractivity contribution in [2.45, 2.75) is 43.5 Å². The van der Waals surface area contributed by atoms with Crippen LogP contribution in [0.1, 0.15) is 48.3 Å². The van der Waals surface area contributed by atoms with E-state index in [2.05, 4.69) is 15.2 Å². The zero-order valence-corrected chi connectivity index (χ0v) is 20.4. The maximum Gasteiger partial charge on any atom is 0.253 e. The van der Waals surface area contributed by atoms with Gasteiger partial charge in [0.15, 0.2) is 0 Å². The van der Waals surface area contributed by atoms with Gasteiger partial charge in [-0.1, -0.05) is 18.6 Å². The predicted octanol–water partition coefficient (Wildman–Crippen LogP) is 3.28. The van der Waals surface area contributed by atoms with E-state index < -0.39 is 10.0 Å². The molecule has 9 heteroatoms. The van der Waals surface area contributed by atoms with Gasteiger partial charge in [0.25, 0.3) is 5.91 Å². The van der Waals surface area contributed by atoms with E-state index in [1.807, 2.05) is 35.9 Å². The lowest BCUT2D eigenvalue weighted by atomic mass is 10.1. The van der Waals surface area contributed by atoms with Gasteiger partial charge in [0.1, 0.15) is 5.82 Å². The van der Waals surface area contributed by atoms with E-state index in [0.29, 0.717) is 18.7 Å². The molecule has 180 valence electrons. The second-order valence-corrected chi connectivity index (χ2v) is 11.0. The molecule has 1 amide bonds. The van der Waals surface area contributed by atoms with E-state index in [1.165, 1.54) is 0 Å². The van der Waals surface area contributed by atoms with Crippen LogP contribution in [0.4, 0.5) is 5.69 Å². The molecule has 5 rings (SSSR count). The Bertz CT molecular complexity index is 1310. The number of aromatic nitrogens is 2. The number of hydrogen-bond donors (Lipinski definition) is 1. The van der Waals surface area contributed by atoms with Crippen molar-refractivity contribution in [2.75, 3.05) is 31.1 Å². The summed E-state index contributed by atoms with van der Waals surface area (Å²) >= 11 is 0. The molecular weight excluding hydrogens is 450 g/mol. The van der Waals surface area contributed by atoms with Crippen LogP contribution in [0.2, 0.25) is 0 Å². The molecule has 0 saturated carbocycles. The summed E-state index contributed by atoms with van der Waals surface area (Å²) in [5, 5.41) is 2.98. The van der Waals surface area contributed by atoms with Crippen molar-refractivity contribution >= 4 is 32.7 Å². The zero-order chi connectivity index (χ0) is 23.7. The fraction of sp³-hybridized carbons (Fsp3) is 0.440. The maximum atomic E-state index is 13.4. The highest BCUT2D eigenvalue weighted by Gasteiger charge is 2.29. The molecule has 0 unspecified atom stereocenters. The number of fused-ring (bicyclic) bond motifs is 1. The van der Waals surface area contributed by atoms with Crippen LogP contribution in [0.25, 0.3) is 11.0 Å². The summed E-state index contributed by atoms with van der Waals surface area (Å²) in [6.45, 7) is 3.05. The minimum Gasteiger partial charge on any atom is -0.371 e. The lowest BCUT2D eigenvalue weighted by Crippen LogP contribution is -2.36. The van der Waals surface area contributed by atoms with E-state index in [1.54, 1.807) is 22.5 Å². The number of imidazole rings is 1. The third-order valence-corrected chi connectivity index (χ3v) is 8.79. The standard InChI is InChI=1S/C25H31N5O3S/c1-28-23-10-4-3-9-21(23)27-24(28)18-26-25(31)20-17-19(11-12-22(20)29-13-7-8-14-29)34(32,33)30-15-5-2-6-16-30/h3-4,9-12,17H,2,5-8,13-16,18H2,1H3,(H,26,31). The van der Waals surface area contributed by atoms with Gasteiger partial charge in [-0.2, -0.15) is 4.31 Å². The summed E-state index contributed by atoms with van der Waals surface area (Å²) in [6.07, 6.45) is 4.92. The molecule has 1 N–H and O–H groups in total. The molecule has 0 spiro atoms. The molecule has 8 nitrogen and oxygen atoms in total. The monoisotopic (exact) mass is 481 g/mol. The van der Waals surface area contributed by atoms with Gasteiger partial charge < -0.3 is 14.8 Å². The van der Waals surface area contributed by atoms with Gasteiger partial charge in [-0.15, -0.1) is 0 Å². The summed E-state index contributed by atoms with van der Waals surface area (Å²) in [5.41, 5.74) is 3.07. The Labute approximate surface area is 200 Å². The molecular formula is C25H31N5O3S. The van der Waals surface area contributed by atoms with Crippen LogP contribution >= 0.6 is 0 Å². The second kappa shape index (κ2) is 9.38. The summed E-state index contributed by atoms with van der Waals surface area (Å²) in [4.78, 5) is 20.4. The van der Waals surface area contributed by atoms with Crippen molar-refractivity contribution in [3.05, 3.63) is 53.9 Å².